The molecule has 28 heavy (non-hydrogen) atoms. The molecule has 2 aromatic carbocycles. The minimum absolute atomic E-state index is 0.426. The molecule has 0 unspecified atom stereocenters. The van der Waals surface area contributed by atoms with E-state index >= 15 is 0 Å². The molecule has 3 rings (SSSR count). The summed E-state index contributed by atoms with van der Waals surface area (Å²) in [6.07, 6.45) is 2.09. The number of imidazole rings is 1. The highest BCUT2D eigenvalue weighted by Crippen LogP contribution is 2.42. The largest absolute Gasteiger partial charge is 0.422 e. The van der Waals surface area contributed by atoms with Crippen LogP contribution in [0.3, 0.4) is 0 Å². The number of aryl methyl sites for hydroxylation is 1. The number of nitrogens with zero attached hydrogens (tertiary/aromatic N) is 3. The van der Waals surface area contributed by atoms with Gasteiger partial charge in [0, 0.05) is 26.2 Å². The lowest BCUT2D eigenvalue weighted by atomic mass is 9.93. The zero-order chi connectivity index (χ0) is 20.6. The first-order valence-electron chi connectivity index (χ1n) is 9.27. The highest BCUT2D eigenvalue weighted by molar-refractivity contribution is 6.36. The Morgan fingerprint density at radius 1 is 1.07 bits per heavy atom. The molecular weight excluding hydrogens is 417 g/mol. The zero-order valence-electron chi connectivity index (χ0n) is 16.7. The zero-order valence-corrected chi connectivity index (χ0v) is 19.0. The van der Waals surface area contributed by atoms with E-state index in [4.69, 9.17) is 39.5 Å². The van der Waals surface area contributed by atoms with E-state index < -0.39 is 0 Å². The van der Waals surface area contributed by atoms with Gasteiger partial charge in [0.1, 0.15) is 5.52 Å². The number of hydrogen-bond acceptors (Lipinski definition) is 3. The molecule has 4 nitrogen and oxygen atoms in total. The van der Waals surface area contributed by atoms with Crippen LogP contribution < -0.4 is 9.64 Å². The molecule has 0 aliphatic carbocycles. The van der Waals surface area contributed by atoms with Crippen molar-refractivity contribution in [3.05, 3.63) is 44.9 Å². The van der Waals surface area contributed by atoms with Crippen molar-refractivity contribution >= 4 is 51.5 Å². The van der Waals surface area contributed by atoms with Crippen LogP contribution in [0.15, 0.2) is 24.3 Å². The van der Waals surface area contributed by atoms with Crippen molar-refractivity contribution in [3.8, 4) is 11.8 Å². The number of hydrogen-bond donors (Lipinski definition) is 0. The van der Waals surface area contributed by atoms with Gasteiger partial charge in [0.05, 0.1) is 21.2 Å². The average Bonchev–Trinajstić information content (AvgIpc) is 2.97. The van der Waals surface area contributed by atoms with E-state index in [9.17, 15) is 0 Å². The molecule has 150 valence electrons. The quantitative estimate of drug-likeness (QED) is 0.403. The Hall–Kier alpha value is -1.62. The van der Waals surface area contributed by atoms with Crippen molar-refractivity contribution in [1.29, 1.82) is 0 Å². The van der Waals surface area contributed by atoms with Crippen LogP contribution in [0.4, 0.5) is 5.69 Å². The van der Waals surface area contributed by atoms with Gasteiger partial charge >= 0.3 is 6.01 Å². The second-order valence-electron chi connectivity index (χ2n) is 7.03. The SMILES string of the molecule is CCC(CC)c1ccc(Cl)c2nc(Oc3c(Cl)cc(Cl)cc3N(C)C)n(C)c12. The number of anilines is 1. The maximum Gasteiger partial charge on any atom is 0.302 e. The molecule has 7 heteroatoms. The molecular formula is C21H24Cl3N3O. The van der Waals surface area contributed by atoms with Crippen molar-refractivity contribution in [2.24, 2.45) is 7.05 Å². The van der Waals surface area contributed by atoms with Gasteiger partial charge in [-0.3, -0.25) is 4.57 Å². The van der Waals surface area contributed by atoms with Crippen LogP contribution in [-0.2, 0) is 7.05 Å². The van der Waals surface area contributed by atoms with Gasteiger partial charge in [-0.05, 0) is 42.5 Å². The maximum absolute atomic E-state index is 6.46. The summed E-state index contributed by atoms with van der Waals surface area (Å²) in [7, 11) is 5.75. The Labute approximate surface area is 181 Å². The van der Waals surface area contributed by atoms with Gasteiger partial charge in [-0.2, -0.15) is 4.98 Å². The van der Waals surface area contributed by atoms with Gasteiger partial charge in [0.15, 0.2) is 5.75 Å². The molecule has 0 fully saturated rings. The summed E-state index contributed by atoms with van der Waals surface area (Å²) in [5.74, 6) is 0.939. The Bertz CT molecular complexity index is 1010. The molecule has 1 heterocycles. The van der Waals surface area contributed by atoms with Crippen molar-refractivity contribution in [1.82, 2.24) is 9.55 Å². The molecule has 0 aliphatic rings. The van der Waals surface area contributed by atoms with E-state index in [2.05, 4.69) is 24.9 Å². The monoisotopic (exact) mass is 439 g/mol. The van der Waals surface area contributed by atoms with Crippen LogP contribution in [-0.4, -0.2) is 23.6 Å². The highest BCUT2D eigenvalue weighted by atomic mass is 35.5. The lowest BCUT2D eigenvalue weighted by Crippen LogP contribution is -2.10. The van der Waals surface area contributed by atoms with Crippen LogP contribution in [0.5, 0.6) is 11.8 Å². The summed E-state index contributed by atoms with van der Waals surface area (Å²) < 4.78 is 8.13. The standard InChI is InChI=1S/C21H24Cl3N3O/c1-6-12(7-2)14-8-9-15(23)18-19(14)27(5)21(25-18)28-20-16(24)10-13(22)11-17(20)26(3)4/h8-12H,6-7H2,1-5H3. The van der Waals surface area contributed by atoms with Gasteiger partial charge in [-0.15, -0.1) is 0 Å². The molecule has 0 amide bonds. The van der Waals surface area contributed by atoms with E-state index in [1.807, 2.05) is 42.7 Å². The summed E-state index contributed by atoms with van der Waals surface area (Å²) in [4.78, 5) is 6.58. The average molecular weight is 441 g/mol. The minimum Gasteiger partial charge on any atom is -0.422 e. The number of ether oxygens (including phenoxy) is 1. The second kappa shape index (κ2) is 8.40. The molecule has 0 aliphatic heterocycles. The summed E-state index contributed by atoms with van der Waals surface area (Å²) in [5.41, 5.74) is 3.73. The van der Waals surface area contributed by atoms with Crippen molar-refractivity contribution in [3.63, 3.8) is 0 Å². The minimum atomic E-state index is 0.426. The van der Waals surface area contributed by atoms with Crippen LogP contribution in [0.1, 0.15) is 38.2 Å². The summed E-state index contributed by atoms with van der Waals surface area (Å²) in [6, 6.07) is 7.91. The van der Waals surface area contributed by atoms with E-state index in [-0.39, 0.29) is 0 Å². The normalized spacial score (nSPS) is 11.5. The Kier molecular flexibility index (Phi) is 6.33. The molecule has 0 spiro atoms. The molecule has 1 aromatic heterocycles. The van der Waals surface area contributed by atoms with Crippen molar-refractivity contribution in [2.75, 3.05) is 19.0 Å². The number of benzene rings is 2. The molecule has 0 N–H and O–H groups in total. The first kappa shape index (κ1) is 21.1. The van der Waals surface area contributed by atoms with Crippen molar-refractivity contribution < 1.29 is 4.74 Å². The van der Waals surface area contributed by atoms with Crippen molar-refractivity contribution in [2.45, 2.75) is 32.6 Å². The molecule has 3 aromatic rings. The summed E-state index contributed by atoms with van der Waals surface area (Å²) in [6.45, 7) is 4.39. The van der Waals surface area contributed by atoms with Crippen LogP contribution in [0.25, 0.3) is 11.0 Å². The first-order chi connectivity index (χ1) is 13.3. The topological polar surface area (TPSA) is 30.3 Å². The van der Waals surface area contributed by atoms with Crippen LogP contribution in [0, 0.1) is 0 Å². The molecule has 0 radical (unpaired) electrons. The highest BCUT2D eigenvalue weighted by Gasteiger charge is 2.22. The van der Waals surface area contributed by atoms with E-state index in [1.165, 1.54) is 5.56 Å². The first-order valence-corrected chi connectivity index (χ1v) is 10.4. The van der Waals surface area contributed by atoms with Crippen LogP contribution >= 0.6 is 34.8 Å². The van der Waals surface area contributed by atoms with E-state index in [0.717, 1.165) is 29.6 Å². The fourth-order valence-electron chi connectivity index (χ4n) is 3.52. The van der Waals surface area contributed by atoms with Gasteiger partial charge in [0.2, 0.25) is 0 Å². The predicted molar refractivity (Wildman–Crippen MR) is 120 cm³/mol. The molecule has 0 atom stereocenters. The number of fused-ring (bicyclic) bond motifs is 1. The van der Waals surface area contributed by atoms with Gasteiger partial charge in [-0.25, -0.2) is 0 Å². The third-order valence-corrected chi connectivity index (χ3v) is 5.86. The number of rotatable bonds is 6. The Morgan fingerprint density at radius 3 is 2.36 bits per heavy atom. The van der Waals surface area contributed by atoms with Crippen LogP contribution in [0.2, 0.25) is 15.1 Å². The summed E-state index contributed by atoms with van der Waals surface area (Å²) >= 11 is 19.1. The Balaban J connectivity index is 2.18. The van der Waals surface area contributed by atoms with E-state index in [1.54, 1.807) is 6.07 Å². The molecule has 0 saturated heterocycles. The molecule has 0 bridgehead atoms. The fraction of sp³-hybridized carbons (Fsp3) is 0.381. The molecule has 0 saturated carbocycles. The third kappa shape index (κ3) is 3.78. The third-order valence-electron chi connectivity index (χ3n) is 5.05. The number of aromatic nitrogens is 2. The number of halogens is 3. The second-order valence-corrected chi connectivity index (χ2v) is 8.28. The maximum atomic E-state index is 6.46. The lowest BCUT2D eigenvalue weighted by Gasteiger charge is -2.19. The van der Waals surface area contributed by atoms with Gasteiger partial charge < -0.3 is 9.64 Å². The van der Waals surface area contributed by atoms with Gasteiger partial charge in [-0.1, -0.05) is 54.7 Å². The predicted octanol–water partition coefficient (Wildman–Crippen LogP) is 7.30. The Morgan fingerprint density at radius 2 is 1.75 bits per heavy atom. The summed E-state index contributed by atoms with van der Waals surface area (Å²) in [5, 5.41) is 1.57. The van der Waals surface area contributed by atoms with E-state index in [0.29, 0.717) is 32.7 Å². The fourth-order valence-corrected chi connectivity index (χ4v) is 4.23. The van der Waals surface area contributed by atoms with Gasteiger partial charge in [0.25, 0.3) is 0 Å². The lowest BCUT2D eigenvalue weighted by molar-refractivity contribution is 0.428. The smallest absolute Gasteiger partial charge is 0.302 e.